The molecule has 0 spiro atoms. The molecule has 0 aliphatic rings. The quantitative estimate of drug-likeness (QED) is 0.313. The Morgan fingerprint density at radius 1 is 1.64 bits per heavy atom. The van der Waals surface area contributed by atoms with E-state index in [4.69, 9.17) is 10.9 Å². The Balaban J connectivity index is 4.16. The van der Waals surface area contributed by atoms with Crippen molar-refractivity contribution in [3.05, 3.63) is 11.8 Å². The smallest absolute Gasteiger partial charge is 0.0746 e. The Morgan fingerprint density at radius 3 is 2.55 bits per heavy atom. The average molecular weight is 157 g/mol. The first-order chi connectivity index (χ1) is 5.11. The zero-order valence-electron chi connectivity index (χ0n) is 7.13. The summed E-state index contributed by atoms with van der Waals surface area (Å²) >= 11 is 0. The zero-order chi connectivity index (χ0) is 8.85. The van der Waals surface area contributed by atoms with Gasteiger partial charge in [0.25, 0.3) is 0 Å². The highest BCUT2D eigenvalue weighted by atomic mass is 16.4. The van der Waals surface area contributed by atoms with Gasteiger partial charge in [0.05, 0.1) is 11.8 Å². The summed E-state index contributed by atoms with van der Waals surface area (Å²) in [7, 11) is 1.81. The van der Waals surface area contributed by atoms with Gasteiger partial charge in [0.2, 0.25) is 0 Å². The third-order valence-electron chi connectivity index (χ3n) is 1.46. The number of nitrogens with one attached hydrogen (secondary N) is 1. The number of oxime groups is 1. The second kappa shape index (κ2) is 4.73. The lowest BCUT2D eigenvalue weighted by Gasteiger charge is -2.05. The predicted molar refractivity (Wildman–Crippen MR) is 45.7 cm³/mol. The van der Waals surface area contributed by atoms with Gasteiger partial charge in [-0.05, 0) is 19.9 Å². The van der Waals surface area contributed by atoms with Gasteiger partial charge >= 0.3 is 0 Å². The van der Waals surface area contributed by atoms with E-state index in [-0.39, 0.29) is 6.04 Å². The molecule has 0 rings (SSSR count). The number of hydrogen-bond acceptors (Lipinski definition) is 4. The molecule has 0 aromatic heterocycles. The lowest BCUT2D eigenvalue weighted by atomic mass is 10.2. The van der Waals surface area contributed by atoms with Crippen molar-refractivity contribution in [2.24, 2.45) is 10.9 Å². The minimum Gasteiger partial charge on any atom is -0.411 e. The maximum Gasteiger partial charge on any atom is 0.0746 e. The van der Waals surface area contributed by atoms with Gasteiger partial charge in [0.1, 0.15) is 0 Å². The molecule has 0 radical (unpaired) electrons. The van der Waals surface area contributed by atoms with Crippen LogP contribution in [0.25, 0.3) is 0 Å². The van der Waals surface area contributed by atoms with Crippen LogP contribution in [0.2, 0.25) is 0 Å². The van der Waals surface area contributed by atoms with Gasteiger partial charge in [0, 0.05) is 12.7 Å². The molecule has 0 amide bonds. The third-order valence-corrected chi connectivity index (χ3v) is 1.46. The molecule has 1 atom stereocenters. The molecule has 0 saturated carbocycles. The molecule has 64 valence electrons. The summed E-state index contributed by atoms with van der Waals surface area (Å²) in [6.07, 6.45) is 1.79. The summed E-state index contributed by atoms with van der Waals surface area (Å²) < 4.78 is 0. The Morgan fingerprint density at radius 2 is 2.18 bits per heavy atom. The van der Waals surface area contributed by atoms with E-state index in [0.717, 1.165) is 5.70 Å². The number of rotatable bonds is 3. The first-order valence-corrected chi connectivity index (χ1v) is 3.42. The summed E-state index contributed by atoms with van der Waals surface area (Å²) in [4.78, 5) is 0. The second-order valence-corrected chi connectivity index (χ2v) is 2.37. The molecule has 0 saturated heterocycles. The van der Waals surface area contributed by atoms with Crippen LogP contribution in [0.15, 0.2) is 16.9 Å². The van der Waals surface area contributed by atoms with Gasteiger partial charge in [-0.15, -0.1) is 0 Å². The van der Waals surface area contributed by atoms with E-state index in [2.05, 4.69) is 10.5 Å². The molecule has 0 fully saturated rings. The van der Waals surface area contributed by atoms with Gasteiger partial charge < -0.3 is 16.3 Å². The Labute approximate surface area is 66.8 Å². The highest BCUT2D eigenvalue weighted by Crippen LogP contribution is 1.91. The van der Waals surface area contributed by atoms with E-state index in [0.29, 0.717) is 5.71 Å². The molecule has 0 aromatic rings. The van der Waals surface area contributed by atoms with Crippen molar-refractivity contribution in [1.29, 1.82) is 0 Å². The van der Waals surface area contributed by atoms with Crippen molar-refractivity contribution < 1.29 is 5.21 Å². The molecule has 4 N–H and O–H groups in total. The molecule has 1 unspecified atom stereocenters. The van der Waals surface area contributed by atoms with Crippen molar-refractivity contribution in [1.82, 2.24) is 5.32 Å². The maximum absolute atomic E-state index is 8.35. The van der Waals surface area contributed by atoms with Crippen LogP contribution in [0.1, 0.15) is 13.8 Å². The van der Waals surface area contributed by atoms with Crippen LogP contribution >= 0.6 is 0 Å². The number of hydrogen-bond donors (Lipinski definition) is 3. The van der Waals surface area contributed by atoms with Crippen molar-refractivity contribution in [3.8, 4) is 0 Å². The van der Waals surface area contributed by atoms with Crippen molar-refractivity contribution >= 4 is 5.71 Å². The Hall–Kier alpha value is -1.03. The lowest BCUT2D eigenvalue weighted by Crippen LogP contribution is -2.27. The van der Waals surface area contributed by atoms with Crippen LogP contribution in [0.5, 0.6) is 0 Å². The summed E-state index contributed by atoms with van der Waals surface area (Å²) in [5.74, 6) is 0. The third kappa shape index (κ3) is 3.62. The summed E-state index contributed by atoms with van der Waals surface area (Å²) in [6.45, 7) is 3.56. The van der Waals surface area contributed by atoms with E-state index >= 15 is 0 Å². The molecule has 11 heavy (non-hydrogen) atoms. The van der Waals surface area contributed by atoms with Crippen LogP contribution in [-0.2, 0) is 0 Å². The van der Waals surface area contributed by atoms with Crippen molar-refractivity contribution in [2.45, 2.75) is 19.9 Å². The zero-order valence-corrected chi connectivity index (χ0v) is 7.13. The van der Waals surface area contributed by atoms with Gasteiger partial charge in [-0.25, -0.2) is 0 Å². The largest absolute Gasteiger partial charge is 0.411 e. The first-order valence-electron chi connectivity index (χ1n) is 3.42. The highest BCUT2D eigenvalue weighted by Gasteiger charge is 2.02. The maximum atomic E-state index is 8.35. The molecule has 0 bridgehead atoms. The number of nitrogens with two attached hydrogens (primary N) is 1. The van der Waals surface area contributed by atoms with Gasteiger partial charge in [0.15, 0.2) is 0 Å². The van der Waals surface area contributed by atoms with Crippen LogP contribution in [-0.4, -0.2) is 24.0 Å². The van der Waals surface area contributed by atoms with Gasteiger partial charge in [-0.1, -0.05) is 5.16 Å². The predicted octanol–water partition coefficient (Wildman–Crippen LogP) is 0.287. The monoisotopic (exact) mass is 157 g/mol. The van der Waals surface area contributed by atoms with Gasteiger partial charge in [-0.3, -0.25) is 0 Å². The molecular weight excluding hydrogens is 142 g/mol. The van der Waals surface area contributed by atoms with E-state index in [1.807, 2.05) is 14.0 Å². The van der Waals surface area contributed by atoms with Crippen LogP contribution in [0.4, 0.5) is 0 Å². The van der Waals surface area contributed by atoms with Gasteiger partial charge in [-0.2, -0.15) is 0 Å². The molecule has 0 aliphatic carbocycles. The van der Waals surface area contributed by atoms with Crippen LogP contribution < -0.4 is 11.1 Å². The Bertz CT molecular complexity index is 175. The molecule has 0 aromatic carbocycles. The normalized spacial score (nSPS) is 16.4. The molecule has 4 heteroatoms. The van der Waals surface area contributed by atoms with E-state index < -0.39 is 0 Å². The summed E-state index contributed by atoms with van der Waals surface area (Å²) in [5.41, 5.74) is 7.06. The van der Waals surface area contributed by atoms with Crippen molar-refractivity contribution in [3.63, 3.8) is 0 Å². The average Bonchev–Trinajstić information content (AvgIpc) is 2.02. The molecule has 0 aliphatic heterocycles. The van der Waals surface area contributed by atoms with Crippen molar-refractivity contribution in [2.75, 3.05) is 7.05 Å². The lowest BCUT2D eigenvalue weighted by molar-refractivity contribution is 0.317. The van der Waals surface area contributed by atoms with E-state index in [1.54, 1.807) is 13.0 Å². The Kier molecular flexibility index (Phi) is 4.29. The minimum atomic E-state index is -0.313. The first kappa shape index (κ1) is 9.97. The standard InChI is InChI=1S/C7H15N3O/c1-5(9-3)4-7(8)6(2)10-11/h4,7,9,11H,8H2,1-3H3/b5-4-,10-6+. The molecule has 0 heterocycles. The van der Waals surface area contributed by atoms with Crippen LogP contribution in [0.3, 0.4) is 0 Å². The highest BCUT2D eigenvalue weighted by molar-refractivity contribution is 5.88. The second-order valence-electron chi connectivity index (χ2n) is 2.37. The molecule has 4 nitrogen and oxygen atoms in total. The summed E-state index contributed by atoms with van der Waals surface area (Å²) in [6, 6.07) is -0.313. The van der Waals surface area contributed by atoms with E-state index in [1.165, 1.54) is 0 Å². The number of nitrogens with zero attached hydrogens (tertiary/aromatic N) is 1. The topological polar surface area (TPSA) is 70.6 Å². The number of allylic oxidation sites excluding steroid dienone is 1. The SMILES string of the molecule is CN/C(C)=C\C(N)/C(C)=N/O. The fourth-order valence-corrected chi connectivity index (χ4v) is 0.540. The van der Waals surface area contributed by atoms with E-state index in [9.17, 15) is 0 Å². The fourth-order valence-electron chi connectivity index (χ4n) is 0.540. The minimum absolute atomic E-state index is 0.313. The van der Waals surface area contributed by atoms with Crippen LogP contribution in [0, 0.1) is 0 Å². The molecular formula is C7H15N3O. The summed E-state index contributed by atoms with van der Waals surface area (Å²) in [5, 5.41) is 14.3. The fraction of sp³-hybridized carbons (Fsp3) is 0.571.